The molecule has 0 aliphatic heterocycles. The second kappa shape index (κ2) is 7.67. The van der Waals surface area contributed by atoms with Gasteiger partial charge >= 0.3 is 0 Å². The zero-order valence-electron chi connectivity index (χ0n) is 11.6. The maximum Gasteiger partial charge on any atom is 0.119 e. The van der Waals surface area contributed by atoms with Gasteiger partial charge in [-0.1, -0.05) is 0 Å². The van der Waals surface area contributed by atoms with Crippen molar-refractivity contribution >= 4 is 33.0 Å². The van der Waals surface area contributed by atoms with Crippen LogP contribution in [0.2, 0.25) is 0 Å². The van der Waals surface area contributed by atoms with Gasteiger partial charge in [-0.25, -0.2) is 0 Å². The number of anilines is 1. The number of hydrogen-bond acceptors (Lipinski definition) is 4. The average molecular weight is 356 g/mol. The molecule has 1 N–H and O–H groups in total. The van der Waals surface area contributed by atoms with E-state index in [1.807, 2.05) is 24.3 Å². The summed E-state index contributed by atoms with van der Waals surface area (Å²) in [4.78, 5) is 1.30. The van der Waals surface area contributed by atoms with Crippen LogP contribution in [0, 0.1) is 0 Å². The Labute approximate surface area is 132 Å². The Kier molecular flexibility index (Phi) is 5.88. The van der Waals surface area contributed by atoms with Gasteiger partial charge in [0, 0.05) is 17.7 Å². The monoisotopic (exact) mass is 355 g/mol. The van der Waals surface area contributed by atoms with E-state index in [0.29, 0.717) is 13.2 Å². The molecule has 0 aliphatic rings. The Hall–Kier alpha value is -1.04. The second-order valence-electron chi connectivity index (χ2n) is 4.37. The maximum atomic E-state index is 5.54. The molecule has 0 bridgehead atoms. The molecule has 0 saturated heterocycles. The highest BCUT2D eigenvalue weighted by molar-refractivity contribution is 9.11. The molecule has 2 aromatic rings. The van der Waals surface area contributed by atoms with Crippen LogP contribution >= 0.6 is 27.3 Å². The molecule has 0 aliphatic carbocycles. The Morgan fingerprint density at radius 1 is 1.15 bits per heavy atom. The standard InChI is InChI=1S/C15H18BrNO2S/c1-11(14-7-8-15(16)20-14)17-12-3-5-13(6-4-12)19-10-9-18-2/h3-8,11,17H,9-10H2,1-2H3. The number of thiophene rings is 1. The van der Waals surface area contributed by atoms with Crippen LogP contribution < -0.4 is 10.1 Å². The van der Waals surface area contributed by atoms with Crippen LogP contribution in [0.15, 0.2) is 40.2 Å². The van der Waals surface area contributed by atoms with Crippen molar-refractivity contribution in [3.63, 3.8) is 0 Å². The number of methoxy groups -OCH3 is 1. The Morgan fingerprint density at radius 3 is 2.50 bits per heavy atom. The highest BCUT2D eigenvalue weighted by atomic mass is 79.9. The van der Waals surface area contributed by atoms with Crippen molar-refractivity contribution in [3.8, 4) is 5.75 Å². The summed E-state index contributed by atoms with van der Waals surface area (Å²) < 4.78 is 11.6. The van der Waals surface area contributed by atoms with Gasteiger partial charge in [-0.15, -0.1) is 11.3 Å². The van der Waals surface area contributed by atoms with Crippen molar-refractivity contribution in [1.82, 2.24) is 0 Å². The summed E-state index contributed by atoms with van der Waals surface area (Å²) in [5, 5.41) is 3.48. The van der Waals surface area contributed by atoms with Crippen molar-refractivity contribution < 1.29 is 9.47 Å². The minimum Gasteiger partial charge on any atom is -0.491 e. The topological polar surface area (TPSA) is 30.5 Å². The summed E-state index contributed by atoms with van der Waals surface area (Å²) in [7, 11) is 1.67. The van der Waals surface area contributed by atoms with Crippen LogP contribution in [0.25, 0.3) is 0 Å². The summed E-state index contributed by atoms with van der Waals surface area (Å²) in [5.41, 5.74) is 1.08. The fraction of sp³-hybridized carbons (Fsp3) is 0.333. The molecule has 1 aromatic heterocycles. The van der Waals surface area contributed by atoms with Crippen LogP contribution in [-0.2, 0) is 4.74 Å². The van der Waals surface area contributed by atoms with Gasteiger partial charge in [0.15, 0.2) is 0 Å². The zero-order valence-corrected chi connectivity index (χ0v) is 14.0. The molecule has 0 radical (unpaired) electrons. The van der Waals surface area contributed by atoms with Gasteiger partial charge in [0.1, 0.15) is 12.4 Å². The number of rotatable bonds is 7. The molecule has 1 atom stereocenters. The molecule has 20 heavy (non-hydrogen) atoms. The lowest BCUT2D eigenvalue weighted by Gasteiger charge is -2.14. The first-order valence-corrected chi connectivity index (χ1v) is 8.03. The number of ether oxygens (including phenoxy) is 2. The molecule has 2 rings (SSSR count). The third-order valence-corrected chi connectivity index (χ3v) is 4.62. The molecule has 0 spiro atoms. The highest BCUT2D eigenvalue weighted by Crippen LogP contribution is 2.29. The van der Waals surface area contributed by atoms with Gasteiger partial charge in [0.25, 0.3) is 0 Å². The molecule has 0 fully saturated rings. The van der Waals surface area contributed by atoms with E-state index in [1.165, 1.54) is 4.88 Å². The first kappa shape index (κ1) is 15.4. The van der Waals surface area contributed by atoms with Crippen LogP contribution in [0.3, 0.4) is 0 Å². The molecular weight excluding hydrogens is 338 g/mol. The molecule has 3 nitrogen and oxygen atoms in total. The highest BCUT2D eigenvalue weighted by Gasteiger charge is 2.07. The minimum atomic E-state index is 0.284. The van der Waals surface area contributed by atoms with Crippen molar-refractivity contribution in [2.75, 3.05) is 25.6 Å². The summed E-state index contributed by atoms with van der Waals surface area (Å²) in [5.74, 6) is 0.860. The minimum absolute atomic E-state index is 0.284. The van der Waals surface area contributed by atoms with Crippen molar-refractivity contribution in [1.29, 1.82) is 0 Å². The first-order valence-electron chi connectivity index (χ1n) is 6.42. The van der Waals surface area contributed by atoms with Crippen LogP contribution in [0.5, 0.6) is 5.75 Å². The number of hydrogen-bond donors (Lipinski definition) is 1. The van der Waals surface area contributed by atoms with Gasteiger partial charge in [0.05, 0.1) is 16.4 Å². The predicted molar refractivity (Wildman–Crippen MR) is 87.9 cm³/mol. The molecule has 108 valence electrons. The average Bonchev–Trinajstić information content (AvgIpc) is 2.88. The largest absolute Gasteiger partial charge is 0.491 e. The van der Waals surface area contributed by atoms with E-state index in [1.54, 1.807) is 18.4 Å². The first-order chi connectivity index (χ1) is 9.69. The fourth-order valence-corrected chi connectivity index (χ4v) is 3.20. The summed E-state index contributed by atoms with van der Waals surface area (Å²) in [6.07, 6.45) is 0. The quantitative estimate of drug-likeness (QED) is 0.729. The zero-order chi connectivity index (χ0) is 14.4. The van der Waals surface area contributed by atoms with Crippen molar-refractivity contribution in [3.05, 3.63) is 45.1 Å². The van der Waals surface area contributed by atoms with E-state index in [4.69, 9.17) is 9.47 Å². The Balaban J connectivity index is 1.90. The predicted octanol–water partition coefficient (Wildman–Crippen LogP) is 4.71. The third kappa shape index (κ3) is 4.51. The van der Waals surface area contributed by atoms with Crippen molar-refractivity contribution in [2.24, 2.45) is 0 Å². The van der Waals surface area contributed by atoms with Gasteiger partial charge in [0.2, 0.25) is 0 Å². The normalized spacial score (nSPS) is 12.2. The van der Waals surface area contributed by atoms with E-state index in [-0.39, 0.29) is 6.04 Å². The lowest BCUT2D eigenvalue weighted by Crippen LogP contribution is -2.06. The van der Waals surface area contributed by atoms with E-state index < -0.39 is 0 Å². The molecule has 1 aromatic carbocycles. The number of benzene rings is 1. The summed E-state index contributed by atoms with van der Waals surface area (Å²) in [6.45, 7) is 3.33. The van der Waals surface area contributed by atoms with Crippen LogP contribution in [-0.4, -0.2) is 20.3 Å². The maximum absolute atomic E-state index is 5.54. The molecule has 1 heterocycles. The molecule has 0 amide bonds. The third-order valence-electron chi connectivity index (χ3n) is 2.81. The second-order valence-corrected chi connectivity index (χ2v) is 6.87. The van der Waals surface area contributed by atoms with Gasteiger partial charge in [-0.3, -0.25) is 0 Å². The summed E-state index contributed by atoms with van der Waals surface area (Å²) >= 11 is 5.24. The van der Waals surface area contributed by atoms with E-state index in [2.05, 4.69) is 40.3 Å². The fourth-order valence-electron chi connectivity index (χ4n) is 1.77. The van der Waals surface area contributed by atoms with Crippen LogP contribution in [0.1, 0.15) is 17.8 Å². The lowest BCUT2D eigenvalue weighted by atomic mass is 10.2. The van der Waals surface area contributed by atoms with E-state index in [0.717, 1.165) is 15.2 Å². The smallest absolute Gasteiger partial charge is 0.119 e. The van der Waals surface area contributed by atoms with Gasteiger partial charge in [-0.2, -0.15) is 0 Å². The number of halogens is 1. The molecule has 5 heteroatoms. The molecule has 1 unspecified atom stereocenters. The van der Waals surface area contributed by atoms with Gasteiger partial charge in [-0.05, 0) is 59.3 Å². The van der Waals surface area contributed by atoms with Crippen molar-refractivity contribution in [2.45, 2.75) is 13.0 Å². The SMILES string of the molecule is COCCOc1ccc(NC(C)c2ccc(Br)s2)cc1. The number of nitrogens with one attached hydrogen (secondary N) is 1. The molecular formula is C15H18BrNO2S. The van der Waals surface area contributed by atoms with Gasteiger partial charge < -0.3 is 14.8 Å². The summed E-state index contributed by atoms with van der Waals surface area (Å²) in [6, 6.07) is 12.5. The van der Waals surface area contributed by atoms with Crippen LogP contribution in [0.4, 0.5) is 5.69 Å². The molecule has 0 saturated carbocycles. The van der Waals surface area contributed by atoms with E-state index >= 15 is 0 Å². The Bertz CT molecular complexity index is 527. The lowest BCUT2D eigenvalue weighted by molar-refractivity contribution is 0.146. The Morgan fingerprint density at radius 2 is 1.90 bits per heavy atom. The van der Waals surface area contributed by atoms with E-state index in [9.17, 15) is 0 Å².